The second-order valence-electron chi connectivity index (χ2n) is 5.60. The molecule has 0 aliphatic heterocycles. The zero-order valence-corrected chi connectivity index (χ0v) is 13.5. The van der Waals surface area contributed by atoms with Crippen molar-refractivity contribution >= 4 is 27.0 Å². The quantitative estimate of drug-likeness (QED) is 0.772. The molecule has 1 aromatic carbocycles. The first kappa shape index (κ1) is 17.2. The van der Waals surface area contributed by atoms with Crippen molar-refractivity contribution in [2.45, 2.75) is 31.2 Å². The first-order valence-corrected chi connectivity index (χ1v) is 8.46. The van der Waals surface area contributed by atoms with Gasteiger partial charge < -0.3 is 9.52 Å². The van der Waals surface area contributed by atoms with Gasteiger partial charge in [-0.1, -0.05) is 13.8 Å². The maximum atomic E-state index is 12.4. The Morgan fingerprint density at radius 1 is 1.26 bits per heavy atom. The molecule has 0 fully saturated rings. The van der Waals surface area contributed by atoms with Gasteiger partial charge in [0.05, 0.1) is 4.90 Å². The Bertz CT molecular complexity index is 884. The molecule has 0 spiro atoms. The van der Waals surface area contributed by atoms with E-state index >= 15 is 0 Å². The van der Waals surface area contributed by atoms with Crippen LogP contribution in [0.1, 0.15) is 20.3 Å². The average molecular weight is 339 g/mol. The number of hydrogen-bond acceptors (Lipinski definition) is 5. The number of benzene rings is 1. The summed E-state index contributed by atoms with van der Waals surface area (Å²) in [6.07, 6.45) is 0.178. The molecule has 0 bridgehead atoms. The van der Waals surface area contributed by atoms with Crippen LogP contribution in [-0.4, -0.2) is 25.5 Å². The van der Waals surface area contributed by atoms with Gasteiger partial charge in [0.2, 0.25) is 10.0 Å². The maximum Gasteiger partial charge on any atom is 0.336 e. The molecule has 1 heterocycles. The van der Waals surface area contributed by atoms with Gasteiger partial charge in [-0.25, -0.2) is 13.2 Å². The Balaban J connectivity index is 2.36. The van der Waals surface area contributed by atoms with E-state index in [1.165, 1.54) is 30.3 Å². The summed E-state index contributed by atoms with van der Waals surface area (Å²) >= 11 is 0. The standard InChI is InChI=1S/C15H17NO6S/c1-9(2)7-12(15(18)19)16-23(20,21)11-4-5-13-10(8-11)3-6-14(17)22-13/h3-6,8-9,12,16H,7H2,1-2H3,(H,18,19). The van der Waals surface area contributed by atoms with Crippen LogP contribution >= 0.6 is 0 Å². The molecule has 2 aromatic rings. The van der Waals surface area contributed by atoms with E-state index in [-0.39, 0.29) is 22.8 Å². The predicted octanol–water partition coefficient (Wildman–Crippen LogP) is 1.57. The lowest BCUT2D eigenvalue weighted by Crippen LogP contribution is -2.41. The largest absolute Gasteiger partial charge is 0.480 e. The monoisotopic (exact) mass is 339 g/mol. The minimum absolute atomic E-state index is 0.0182. The van der Waals surface area contributed by atoms with Crippen LogP contribution in [0.5, 0.6) is 0 Å². The summed E-state index contributed by atoms with van der Waals surface area (Å²) in [5.41, 5.74) is -0.275. The van der Waals surface area contributed by atoms with Gasteiger partial charge in [0.15, 0.2) is 0 Å². The van der Waals surface area contributed by atoms with E-state index in [1.54, 1.807) is 0 Å². The fourth-order valence-corrected chi connectivity index (χ4v) is 3.38. The average Bonchev–Trinajstić information content (AvgIpc) is 2.45. The summed E-state index contributed by atoms with van der Waals surface area (Å²) in [5, 5.41) is 9.59. The second-order valence-corrected chi connectivity index (χ2v) is 7.31. The van der Waals surface area contributed by atoms with Crippen molar-refractivity contribution in [3.8, 4) is 0 Å². The van der Waals surface area contributed by atoms with Gasteiger partial charge in [0, 0.05) is 11.5 Å². The predicted molar refractivity (Wildman–Crippen MR) is 83.7 cm³/mol. The van der Waals surface area contributed by atoms with Crippen LogP contribution in [0.4, 0.5) is 0 Å². The van der Waals surface area contributed by atoms with Crippen LogP contribution in [0.15, 0.2) is 44.4 Å². The molecule has 8 heteroatoms. The van der Waals surface area contributed by atoms with Crippen LogP contribution in [0.3, 0.4) is 0 Å². The van der Waals surface area contributed by atoms with E-state index in [1.807, 2.05) is 13.8 Å². The molecular weight excluding hydrogens is 322 g/mol. The Morgan fingerprint density at radius 2 is 1.96 bits per heavy atom. The third-order valence-corrected chi connectivity index (χ3v) is 4.67. The number of carboxylic acid groups (broad SMARTS) is 1. The van der Waals surface area contributed by atoms with Crippen LogP contribution in [0.25, 0.3) is 11.0 Å². The molecule has 2 N–H and O–H groups in total. The van der Waals surface area contributed by atoms with Crippen molar-refractivity contribution in [1.29, 1.82) is 0 Å². The molecule has 0 radical (unpaired) electrons. The van der Waals surface area contributed by atoms with Crippen molar-refractivity contribution in [2.75, 3.05) is 0 Å². The number of carboxylic acids is 1. The van der Waals surface area contributed by atoms with Gasteiger partial charge in [-0.05, 0) is 36.6 Å². The van der Waals surface area contributed by atoms with Gasteiger partial charge >= 0.3 is 11.6 Å². The molecule has 124 valence electrons. The Kier molecular flexibility index (Phi) is 4.86. The third kappa shape index (κ3) is 4.17. The van der Waals surface area contributed by atoms with Crippen molar-refractivity contribution in [1.82, 2.24) is 4.72 Å². The number of rotatable bonds is 6. The highest BCUT2D eigenvalue weighted by Crippen LogP contribution is 2.18. The van der Waals surface area contributed by atoms with Crippen molar-refractivity contribution in [3.63, 3.8) is 0 Å². The van der Waals surface area contributed by atoms with Gasteiger partial charge in [-0.15, -0.1) is 0 Å². The normalized spacial score (nSPS) is 13.3. The highest BCUT2D eigenvalue weighted by atomic mass is 32.2. The second kappa shape index (κ2) is 6.51. The highest BCUT2D eigenvalue weighted by Gasteiger charge is 2.26. The van der Waals surface area contributed by atoms with Crippen molar-refractivity contribution in [3.05, 3.63) is 40.8 Å². The lowest BCUT2D eigenvalue weighted by molar-refractivity contribution is -0.139. The summed E-state index contributed by atoms with van der Waals surface area (Å²) < 4.78 is 31.9. The summed E-state index contributed by atoms with van der Waals surface area (Å²) in [5.74, 6) is -1.21. The molecule has 0 aliphatic carbocycles. The Morgan fingerprint density at radius 3 is 2.57 bits per heavy atom. The molecule has 0 aliphatic rings. The van der Waals surface area contributed by atoms with Crippen molar-refractivity contribution < 1.29 is 22.7 Å². The molecule has 1 unspecified atom stereocenters. The number of sulfonamides is 1. The lowest BCUT2D eigenvalue weighted by Gasteiger charge is -2.16. The molecule has 2 rings (SSSR count). The Labute approximate surface area is 133 Å². The number of nitrogens with one attached hydrogen (secondary N) is 1. The molecule has 7 nitrogen and oxygen atoms in total. The van der Waals surface area contributed by atoms with Crippen LogP contribution in [0.2, 0.25) is 0 Å². The molecule has 1 aromatic heterocycles. The summed E-state index contributed by atoms with van der Waals surface area (Å²) in [4.78, 5) is 22.3. The minimum Gasteiger partial charge on any atom is -0.480 e. The van der Waals surface area contributed by atoms with Gasteiger partial charge in [0.25, 0.3) is 0 Å². The molecule has 1 atom stereocenters. The van der Waals surface area contributed by atoms with Crippen molar-refractivity contribution in [2.24, 2.45) is 5.92 Å². The van der Waals surface area contributed by atoms with E-state index < -0.39 is 27.7 Å². The number of hydrogen-bond donors (Lipinski definition) is 2. The molecule has 23 heavy (non-hydrogen) atoms. The van der Waals surface area contributed by atoms with Gasteiger partial charge in [-0.3, -0.25) is 4.79 Å². The van der Waals surface area contributed by atoms with E-state index in [2.05, 4.69) is 4.72 Å². The SMILES string of the molecule is CC(C)CC(NS(=O)(=O)c1ccc2oc(=O)ccc2c1)C(=O)O. The number of aliphatic carboxylic acids is 1. The summed E-state index contributed by atoms with van der Waals surface area (Å²) in [6, 6.07) is 5.39. The van der Waals surface area contributed by atoms with E-state index in [4.69, 9.17) is 9.52 Å². The number of carbonyl (C=O) groups is 1. The zero-order valence-electron chi connectivity index (χ0n) is 12.6. The number of fused-ring (bicyclic) bond motifs is 1. The van der Waals surface area contributed by atoms with Gasteiger partial charge in [-0.2, -0.15) is 4.72 Å². The fraction of sp³-hybridized carbons (Fsp3) is 0.333. The summed E-state index contributed by atoms with van der Waals surface area (Å²) in [6.45, 7) is 3.62. The molecule has 0 saturated carbocycles. The van der Waals surface area contributed by atoms with E-state index in [9.17, 15) is 18.0 Å². The van der Waals surface area contributed by atoms with Gasteiger partial charge in [0.1, 0.15) is 11.6 Å². The summed E-state index contributed by atoms with van der Waals surface area (Å²) in [7, 11) is -4.00. The minimum atomic E-state index is -4.00. The van der Waals surface area contributed by atoms with E-state index in [0.717, 1.165) is 0 Å². The zero-order chi connectivity index (χ0) is 17.2. The van der Waals surface area contributed by atoms with Crippen LogP contribution in [0, 0.1) is 5.92 Å². The Hall–Kier alpha value is -2.19. The molecular formula is C15H17NO6S. The first-order valence-electron chi connectivity index (χ1n) is 6.98. The lowest BCUT2D eigenvalue weighted by atomic mass is 10.1. The van der Waals surface area contributed by atoms with Crippen LogP contribution < -0.4 is 10.3 Å². The maximum absolute atomic E-state index is 12.4. The van der Waals surface area contributed by atoms with Crippen LogP contribution in [-0.2, 0) is 14.8 Å². The smallest absolute Gasteiger partial charge is 0.336 e. The van der Waals surface area contributed by atoms with E-state index in [0.29, 0.717) is 5.39 Å². The highest BCUT2D eigenvalue weighted by molar-refractivity contribution is 7.89. The molecule has 0 saturated heterocycles. The third-order valence-electron chi connectivity index (χ3n) is 3.20. The first-order chi connectivity index (χ1) is 10.7. The topological polar surface area (TPSA) is 114 Å². The fourth-order valence-electron chi connectivity index (χ4n) is 2.14. The molecule has 0 amide bonds.